The zero-order valence-electron chi connectivity index (χ0n) is 11.0. The van der Waals surface area contributed by atoms with E-state index in [9.17, 15) is 4.79 Å². The van der Waals surface area contributed by atoms with Crippen LogP contribution < -0.4 is 10.6 Å². The van der Waals surface area contributed by atoms with Gasteiger partial charge in [0.25, 0.3) is 0 Å². The highest BCUT2D eigenvalue weighted by molar-refractivity contribution is 5.94. The predicted octanol–water partition coefficient (Wildman–Crippen LogP) is 1.37. The Morgan fingerprint density at radius 1 is 1.68 bits per heavy atom. The molecule has 19 heavy (non-hydrogen) atoms. The van der Waals surface area contributed by atoms with E-state index in [0.29, 0.717) is 5.82 Å². The number of aromatic carboxylic acids is 1. The van der Waals surface area contributed by atoms with Crippen molar-refractivity contribution in [3.63, 3.8) is 0 Å². The molecule has 2 rings (SSSR count). The molecule has 1 unspecified atom stereocenters. The van der Waals surface area contributed by atoms with E-state index < -0.39 is 5.97 Å². The van der Waals surface area contributed by atoms with Gasteiger partial charge in [-0.05, 0) is 25.8 Å². The molecule has 1 aliphatic rings. The van der Waals surface area contributed by atoms with Crippen LogP contribution in [0.15, 0.2) is 12.3 Å². The molecule has 0 bridgehead atoms. The maximum Gasteiger partial charge on any atom is 0.337 e. The lowest BCUT2D eigenvalue weighted by atomic mass is 10.2. The van der Waals surface area contributed by atoms with Crippen LogP contribution in [-0.2, 0) is 4.74 Å². The van der Waals surface area contributed by atoms with Crippen molar-refractivity contribution >= 4 is 17.5 Å². The summed E-state index contributed by atoms with van der Waals surface area (Å²) in [5.41, 5.74) is 5.89. The normalized spacial score (nSPS) is 18.5. The monoisotopic (exact) mass is 265 g/mol. The number of hydrogen-bond acceptors (Lipinski definition) is 5. The smallest absolute Gasteiger partial charge is 0.337 e. The largest absolute Gasteiger partial charge is 0.478 e. The van der Waals surface area contributed by atoms with Crippen molar-refractivity contribution < 1.29 is 14.6 Å². The lowest BCUT2D eigenvalue weighted by Crippen LogP contribution is -2.32. The molecule has 1 fully saturated rings. The Morgan fingerprint density at radius 2 is 2.47 bits per heavy atom. The van der Waals surface area contributed by atoms with E-state index in [1.54, 1.807) is 0 Å². The molecule has 1 aromatic heterocycles. The molecule has 6 heteroatoms. The summed E-state index contributed by atoms with van der Waals surface area (Å²) < 4.78 is 5.60. The van der Waals surface area contributed by atoms with E-state index in [4.69, 9.17) is 15.6 Å². The maximum absolute atomic E-state index is 11.1. The Hall–Kier alpha value is -1.82. The molecule has 3 N–H and O–H groups in total. The van der Waals surface area contributed by atoms with Crippen LogP contribution in [0.1, 0.15) is 30.1 Å². The van der Waals surface area contributed by atoms with E-state index in [0.717, 1.165) is 32.5 Å². The summed E-state index contributed by atoms with van der Waals surface area (Å²) in [6, 6.07) is 1.52. The second-order valence-electron chi connectivity index (χ2n) is 4.61. The first-order valence-corrected chi connectivity index (χ1v) is 6.47. The third-order valence-corrected chi connectivity index (χ3v) is 3.30. The van der Waals surface area contributed by atoms with Crippen LogP contribution in [0.2, 0.25) is 0 Å². The Balaban J connectivity index is 2.17. The Morgan fingerprint density at radius 3 is 3.05 bits per heavy atom. The lowest BCUT2D eigenvalue weighted by molar-refractivity contribution is 0.0698. The third kappa shape index (κ3) is 3.14. The molecule has 104 valence electrons. The molecular formula is C13H19N3O3. The summed E-state index contributed by atoms with van der Waals surface area (Å²) in [4.78, 5) is 17.3. The first kappa shape index (κ1) is 13.6. The van der Waals surface area contributed by atoms with E-state index >= 15 is 0 Å². The van der Waals surface area contributed by atoms with Crippen LogP contribution in [0.5, 0.6) is 0 Å². The van der Waals surface area contributed by atoms with E-state index in [-0.39, 0.29) is 17.4 Å². The van der Waals surface area contributed by atoms with Gasteiger partial charge >= 0.3 is 5.97 Å². The molecule has 2 heterocycles. The number of nitrogens with two attached hydrogens (primary N) is 1. The second-order valence-corrected chi connectivity index (χ2v) is 4.61. The summed E-state index contributed by atoms with van der Waals surface area (Å²) in [6.45, 7) is 4.29. The number of likely N-dealkylation sites (N-methyl/N-ethyl adjacent to an activating group) is 1. The number of nitrogens with zero attached hydrogens (tertiary/aromatic N) is 2. The number of anilines is 2. The van der Waals surface area contributed by atoms with Crippen molar-refractivity contribution in [1.82, 2.24) is 4.98 Å². The highest BCUT2D eigenvalue weighted by Gasteiger charge is 2.20. The number of carbonyl (C=O) groups is 1. The van der Waals surface area contributed by atoms with Gasteiger partial charge in [-0.1, -0.05) is 0 Å². The molecule has 0 aromatic carbocycles. The molecule has 0 spiro atoms. The SMILES string of the molecule is CCN(CC1CCCO1)c1cc(C(=O)O)c(N)cn1. The zero-order chi connectivity index (χ0) is 13.8. The average Bonchev–Trinajstić information content (AvgIpc) is 2.89. The maximum atomic E-state index is 11.1. The van der Waals surface area contributed by atoms with Gasteiger partial charge in [-0.15, -0.1) is 0 Å². The molecular weight excluding hydrogens is 246 g/mol. The fraction of sp³-hybridized carbons (Fsp3) is 0.538. The van der Waals surface area contributed by atoms with Crippen molar-refractivity contribution in [2.45, 2.75) is 25.9 Å². The summed E-state index contributed by atoms with van der Waals surface area (Å²) in [5, 5.41) is 9.08. The molecule has 1 saturated heterocycles. The van der Waals surface area contributed by atoms with Gasteiger partial charge in [0.2, 0.25) is 0 Å². The quantitative estimate of drug-likeness (QED) is 0.835. The molecule has 1 atom stereocenters. The number of hydrogen-bond donors (Lipinski definition) is 2. The molecule has 0 amide bonds. The number of ether oxygens (including phenoxy) is 1. The van der Waals surface area contributed by atoms with Crippen molar-refractivity contribution in [1.29, 1.82) is 0 Å². The van der Waals surface area contributed by atoms with Crippen LogP contribution in [0, 0.1) is 0 Å². The summed E-state index contributed by atoms with van der Waals surface area (Å²) in [7, 11) is 0. The molecule has 0 radical (unpaired) electrons. The molecule has 0 saturated carbocycles. The Kier molecular flexibility index (Phi) is 4.21. The van der Waals surface area contributed by atoms with Crippen LogP contribution >= 0.6 is 0 Å². The van der Waals surface area contributed by atoms with Crippen molar-refractivity contribution in [3.8, 4) is 0 Å². The van der Waals surface area contributed by atoms with Crippen molar-refractivity contribution in [2.24, 2.45) is 0 Å². The number of carboxylic acid groups (broad SMARTS) is 1. The van der Waals surface area contributed by atoms with E-state index in [1.807, 2.05) is 11.8 Å². The minimum atomic E-state index is -1.03. The van der Waals surface area contributed by atoms with Gasteiger partial charge in [-0.25, -0.2) is 9.78 Å². The predicted molar refractivity (Wildman–Crippen MR) is 72.5 cm³/mol. The van der Waals surface area contributed by atoms with Gasteiger partial charge in [0.15, 0.2) is 0 Å². The van der Waals surface area contributed by atoms with Gasteiger partial charge < -0.3 is 20.5 Å². The molecule has 1 aromatic rings. The standard InChI is InChI=1S/C13H19N3O3/c1-2-16(8-9-4-3-5-19-9)12-6-10(13(17)18)11(14)7-15-12/h6-7,9H,2-5,8,14H2,1H3,(H,17,18). The van der Waals surface area contributed by atoms with Gasteiger partial charge in [0, 0.05) is 19.7 Å². The number of pyridine rings is 1. The van der Waals surface area contributed by atoms with Crippen molar-refractivity contribution in [3.05, 3.63) is 17.8 Å². The van der Waals surface area contributed by atoms with Crippen LogP contribution in [0.4, 0.5) is 11.5 Å². The Labute approximate surface area is 112 Å². The zero-order valence-corrected chi connectivity index (χ0v) is 11.0. The topological polar surface area (TPSA) is 88.7 Å². The molecule has 0 aliphatic carbocycles. The highest BCUT2D eigenvalue weighted by Crippen LogP contribution is 2.21. The van der Waals surface area contributed by atoms with Crippen LogP contribution in [0.25, 0.3) is 0 Å². The van der Waals surface area contributed by atoms with Crippen LogP contribution in [-0.4, -0.2) is 41.9 Å². The second kappa shape index (κ2) is 5.88. The highest BCUT2D eigenvalue weighted by atomic mass is 16.5. The average molecular weight is 265 g/mol. The van der Waals surface area contributed by atoms with E-state index in [1.165, 1.54) is 12.3 Å². The summed E-state index contributed by atoms with van der Waals surface area (Å²) in [6.07, 6.45) is 3.72. The number of rotatable bonds is 5. The van der Waals surface area contributed by atoms with Gasteiger partial charge in [0.1, 0.15) is 5.82 Å². The summed E-state index contributed by atoms with van der Waals surface area (Å²) >= 11 is 0. The fourth-order valence-corrected chi connectivity index (χ4v) is 2.23. The van der Waals surface area contributed by atoms with E-state index in [2.05, 4.69) is 4.98 Å². The Bertz CT molecular complexity index is 458. The van der Waals surface area contributed by atoms with Gasteiger partial charge in [-0.3, -0.25) is 0 Å². The third-order valence-electron chi connectivity index (χ3n) is 3.30. The fourth-order valence-electron chi connectivity index (χ4n) is 2.23. The number of carboxylic acids is 1. The number of aromatic nitrogens is 1. The van der Waals surface area contributed by atoms with Gasteiger partial charge in [0.05, 0.1) is 23.6 Å². The number of nitrogen functional groups attached to an aromatic ring is 1. The van der Waals surface area contributed by atoms with Crippen molar-refractivity contribution in [2.75, 3.05) is 30.3 Å². The first-order chi connectivity index (χ1) is 9.11. The lowest BCUT2D eigenvalue weighted by Gasteiger charge is -2.25. The molecule has 6 nitrogen and oxygen atoms in total. The summed E-state index contributed by atoms with van der Waals surface area (Å²) in [5.74, 6) is -0.404. The van der Waals surface area contributed by atoms with Gasteiger partial charge in [-0.2, -0.15) is 0 Å². The first-order valence-electron chi connectivity index (χ1n) is 6.47. The minimum Gasteiger partial charge on any atom is -0.478 e. The molecule has 1 aliphatic heterocycles. The minimum absolute atomic E-state index is 0.0933. The van der Waals surface area contributed by atoms with Crippen LogP contribution in [0.3, 0.4) is 0 Å².